The molecule has 6 saturated carbocycles. The molecule has 0 amide bonds. The Labute approximate surface area is 275 Å². The van der Waals surface area contributed by atoms with Crippen LogP contribution in [-0.2, 0) is 0 Å². The summed E-state index contributed by atoms with van der Waals surface area (Å²) in [7, 11) is 0. The number of hydrogen-bond donors (Lipinski definition) is 2. The van der Waals surface area contributed by atoms with Crippen LogP contribution in [0.3, 0.4) is 0 Å². The minimum Gasteiger partial charge on any atom is -0.478 e. The number of hydrogen-bond acceptors (Lipinski definition) is 2. The van der Waals surface area contributed by atoms with Gasteiger partial charge in [-0.05, 0) is 171 Å². The Balaban J connectivity index is 0.908. The first-order chi connectivity index (χ1) is 22.3. The maximum atomic E-state index is 12.8. The van der Waals surface area contributed by atoms with Crippen LogP contribution in [0.1, 0.15) is 176 Å². The van der Waals surface area contributed by atoms with Crippen molar-refractivity contribution in [1.29, 1.82) is 0 Å². The van der Waals surface area contributed by atoms with E-state index in [1.165, 1.54) is 77.0 Å². The maximum absolute atomic E-state index is 12.8. The summed E-state index contributed by atoms with van der Waals surface area (Å²) in [6.07, 6.45) is 19.4. The fourth-order valence-electron chi connectivity index (χ4n) is 12.4. The van der Waals surface area contributed by atoms with E-state index in [0.717, 1.165) is 77.5 Å². The number of benzene rings is 2. The van der Waals surface area contributed by atoms with Crippen molar-refractivity contribution >= 4 is 11.9 Å². The van der Waals surface area contributed by atoms with Gasteiger partial charge in [-0.25, -0.2) is 9.59 Å². The molecule has 0 aliphatic heterocycles. The van der Waals surface area contributed by atoms with E-state index in [2.05, 4.69) is 43.3 Å². The number of fused-ring (bicyclic) bond motifs is 4. The van der Waals surface area contributed by atoms with Crippen molar-refractivity contribution in [1.82, 2.24) is 0 Å². The number of aromatic carboxylic acids is 2. The lowest BCUT2D eigenvalue weighted by Gasteiger charge is -2.35. The van der Waals surface area contributed by atoms with Crippen molar-refractivity contribution in [3.05, 3.63) is 69.8 Å². The van der Waals surface area contributed by atoms with Crippen molar-refractivity contribution < 1.29 is 19.8 Å². The van der Waals surface area contributed by atoms with Gasteiger partial charge in [-0.1, -0.05) is 62.6 Å². The van der Waals surface area contributed by atoms with Crippen LogP contribution in [0.4, 0.5) is 0 Å². The summed E-state index contributed by atoms with van der Waals surface area (Å²) in [4.78, 5) is 25.4. The molecule has 6 aliphatic carbocycles. The summed E-state index contributed by atoms with van der Waals surface area (Å²) in [5.74, 6) is 5.34. The molecule has 4 heteroatoms. The van der Waals surface area contributed by atoms with Gasteiger partial charge in [0.1, 0.15) is 0 Å². The SMILES string of the molecule is CC1CCC(c2cccc(C3CCC(CC4CC5CC4CC5c4cccc(C5CC6CCC5C6)c4C(=O)O)CC3)c2C(=O)O)CC1. The third-order valence-electron chi connectivity index (χ3n) is 14.6. The zero-order chi connectivity index (χ0) is 31.5. The lowest BCUT2D eigenvalue weighted by Crippen LogP contribution is -2.24. The highest BCUT2D eigenvalue weighted by Gasteiger charge is 2.48. The second-order valence-corrected chi connectivity index (χ2v) is 17.0. The Morgan fingerprint density at radius 2 is 1.15 bits per heavy atom. The van der Waals surface area contributed by atoms with E-state index >= 15 is 0 Å². The van der Waals surface area contributed by atoms with Gasteiger partial charge in [-0.15, -0.1) is 0 Å². The summed E-state index contributed by atoms with van der Waals surface area (Å²) in [5, 5.41) is 20.9. The van der Waals surface area contributed by atoms with Gasteiger partial charge in [0.15, 0.2) is 0 Å². The third-order valence-corrected chi connectivity index (χ3v) is 14.6. The van der Waals surface area contributed by atoms with Crippen molar-refractivity contribution in [2.45, 2.75) is 133 Å². The predicted octanol–water partition coefficient (Wildman–Crippen LogP) is 10.8. The Hall–Kier alpha value is -2.62. The zero-order valence-electron chi connectivity index (χ0n) is 27.8. The quantitative estimate of drug-likeness (QED) is 0.307. The highest BCUT2D eigenvalue weighted by atomic mass is 16.4. The summed E-state index contributed by atoms with van der Waals surface area (Å²) >= 11 is 0. The van der Waals surface area contributed by atoms with E-state index in [0.29, 0.717) is 46.6 Å². The molecule has 2 aromatic rings. The van der Waals surface area contributed by atoms with Crippen molar-refractivity contribution in [3.8, 4) is 0 Å². The summed E-state index contributed by atoms with van der Waals surface area (Å²) in [5.41, 5.74) is 5.82. The monoisotopic (exact) mass is 622 g/mol. The predicted molar refractivity (Wildman–Crippen MR) is 182 cm³/mol. The van der Waals surface area contributed by atoms with E-state index in [1.54, 1.807) is 0 Å². The Morgan fingerprint density at radius 3 is 1.67 bits per heavy atom. The molecular formula is C42H54O4. The van der Waals surface area contributed by atoms with Crippen molar-refractivity contribution in [3.63, 3.8) is 0 Å². The van der Waals surface area contributed by atoms with Crippen LogP contribution in [0.25, 0.3) is 0 Å². The number of carboxylic acids is 2. The third kappa shape index (κ3) is 5.54. The zero-order valence-corrected chi connectivity index (χ0v) is 27.8. The molecule has 0 spiro atoms. The standard InChI is InChI=1S/C42H54O4/c1-24-8-13-27(14-9-24)33-4-2-5-34(39(33)41(43)44)28-15-10-25(11-16-28)18-30-21-32-22-31(30)23-38(32)36-7-3-6-35(40(36)42(45)46)37-20-26-12-17-29(37)19-26/h2-7,24-32,37-38H,8-23H2,1H3,(H,43,44)(H,45,46). The van der Waals surface area contributed by atoms with E-state index < -0.39 is 11.9 Å². The molecule has 46 heavy (non-hydrogen) atoms. The Bertz CT molecular complexity index is 1460. The van der Waals surface area contributed by atoms with Gasteiger partial charge in [-0.2, -0.15) is 0 Å². The number of carbonyl (C=O) groups is 2. The van der Waals surface area contributed by atoms with Gasteiger partial charge < -0.3 is 10.2 Å². The van der Waals surface area contributed by atoms with E-state index in [1.807, 2.05) is 0 Å². The van der Waals surface area contributed by atoms with Crippen LogP contribution in [0.2, 0.25) is 0 Å². The first kappa shape index (κ1) is 30.7. The molecule has 246 valence electrons. The lowest BCUT2D eigenvalue weighted by molar-refractivity contribution is 0.0681. The highest BCUT2D eigenvalue weighted by molar-refractivity contribution is 5.92. The van der Waals surface area contributed by atoms with Crippen molar-refractivity contribution in [2.24, 2.45) is 41.4 Å². The second-order valence-electron chi connectivity index (χ2n) is 17.0. The molecule has 4 nitrogen and oxygen atoms in total. The smallest absolute Gasteiger partial charge is 0.336 e. The lowest BCUT2D eigenvalue weighted by atomic mass is 9.69. The van der Waals surface area contributed by atoms with Gasteiger partial charge >= 0.3 is 11.9 Å². The number of rotatable bonds is 8. The van der Waals surface area contributed by atoms with E-state index in [-0.39, 0.29) is 0 Å². The Kier molecular flexibility index (Phi) is 8.30. The average molecular weight is 623 g/mol. The summed E-state index contributed by atoms with van der Waals surface area (Å²) in [6.45, 7) is 2.32. The maximum Gasteiger partial charge on any atom is 0.336 e. The summed E-state index contributed by atoms with van der Waals surface area (Å²) in [6, 6.07) is 12.8. The van der Waals surface area contributed by atoms with Gasteiger partial charge in [0.25, 0.3) is 0 Å². The van der Waals surface area contributed by atoms with Crippen LogP contribution in [0, 0.1) is 41.4 Å². The molecule has 2 N–H and O–H groups in total. The molecule has 4 bridgehead atoms. The fraction of sp³-hybridized carbons (Fsp3) is 0.667. The van der Waals surface area contributed by atoms with Crippen LogP contribution in [0.15, 0.2) is 36.4 Å². The molecular weight excluding hydrogens is 568 g/mol. The molecule has 6 aliphatic rings. The van der Waals surface area contributed by atoms with Crippen LogP contribution >= 0.6 is 0 Å². The molecule has 7 unspecified atom stereocenters. The molecule has 0 heterocycles. The molecule has 0 saturated heterocycles. The minimum atomic E-state index is -0.727. The summed E-state index contributed by atoms with van der Waals surface area (Å²) < 4.78 is 0. The van der Waals surface area contributed by atoms with Gasteiger partial charge in [-0.3, -0.25) is 0 Å². The highest BCUT2D eigenvalue weighted by Crippen LogP contribution is 2.60. The average Bonchev–Trinajstić information content (AvgIpc) is 3.87. The topological polar surface area (TPSA) is 74.6 Å². The molecule has 2 aromatic carbocycles. The van der Waals surface area contributed by atoms with Crippen LogP contribution < -0.4 is 0 Å². The Morgan fingerprint density at radius 1 is 0.587 bits per heavy atom. The normalized spacial score (nSPS) is 38.3. The van der Waals surface area contributed by atoms with Gasteiger partial charge in [0.2, 0.25) is 0 Å². The fourth-order valence-corrected chi connectivity index (χ4v) is 12.4. The van der Waals surface area contributed by atoms with Gasteiger partial charge in [0.05, 0.1) is 11.1 Å². The van der Waals surface area contributed by atoms with E-state index in [4.69, 9.17) is 0 Å². The van der Waals surface area contributed by atoms with Gasteiger partial charge in [0, 0.05) is 0 Å². The first-order valence-electron chi connectivity index (χ1n) is 19.1. The van der Waals surface area contributed by atoms with E-state index in [9.17, 15) is 19.8 Å². The second kappa shape index (κ2) is 12.4. The molecule has 0 radical (unpaired) electrons. The first-order valence-corrected chi connectivity index (χ1v) is 19.1. The minimum absolute atomic E-state index is 0.367. The van der Waals surface area contributed by atoms with Crippen LogP contribution in [-0.4, -0.2) is 22.2 Å². The molecule has 0 aromatic heterocycles. The number of carboxylic acid groups (broad SMARTS) is 2. The molecule has 8 rings (SSSR count). The molecule has 6 fully saturated rings. The molecule has 7 atom stereocenters. The van der Waals surface area contributed by atoms with Crippen LogP contribution in [0.5, 0.6) is 0 Å². The van der Waals surface area contributed by atoms with Crippen molar-refractivity contribution in [2.75, 3.05) is 0 Å². The largest absolute Gasteiger partial charge is 0.478 e.